The molecule has 0 spiro atoms. The van der Waals surface area contributed by atoms with Gasteiger partial charge in [0.25, 0.3) is 0 Å². The highest BCUT2D eigenvalue weighted by Crippen LogP contribution is 2.26. The number of hydrogen-bond donors (Lipinski definition) is 1. The molecule has 0 saturated heterocycles. The van der Waals surface area contributed by atoms with Crippen LogP contribution >= 0.6 is 15.9 Å². The first-order valence-electron chi connectivity index (χ1n) is 5.64. The van der Waals surface area contributed by atoms with Crippen LogP contribution in [0.2, 0.25) is 0 Å². The molecular weight excluding hydrogens is 319 g/mol. The molecule has 100 valence electrons. The lowest BCUT2D eigenvalue weighted by Gasteiger charge is -2.16. The van der Waals surface area contributed by atoms with E-state index in [0.29, 0.717) is 5.56 Å². The smallest absolute Gasteiger partial charge is 0.147 e. The van der Waals surface area contributed by atoms with Crippen LogP contribution in [0.15, 0.2) is 40.9 Å². The lowest BCUT2D eigenvalue weighted by molar-refractivity contribution is 0.594. The second-order valence-corrected chi connectivity index (χ2v) is 5.02. The average molecular weight is 330 g/mol. The van der Waals surface area contributed by atoms with Gasteiger partial charge in [-0.25, -0.2) is 13.2 Å². The maximum absolute atomic E-state index is 13.7. The molecule has 0 radical (unpaired) electrons. The first kappa shape index (κ1) is 13.9. The fraction of sp³-hybridized carbons (Fsp3) is 0.143. The van der Waals surface area contributed by atoms with Crippen molar-refractivity contribution in [1.82, 2.24) is 0 Å². The van der Waals surface area contributed by atoms with Crippen molar-refractivity contribution in [3.05, 3.63) is 63.9 Å². The predicted octanol–water partition coefficient (Wildman–Crippen LogP) is 5.04. The minimum absolute atomic E-state index is 0.0393. The van der Waals surface area contributed by atoms with E-state index in [0.717, 1.165) is 12.1 Å². The van der Waals surface area contributed by atoms with Crippen LogP contribution < -0.4 is 5.32 Å². The molecule has 0 fully saturated rings. The highest BCUT2D eigenvalue weighted by molar-refractivity contribution is 9.10. The lowest BCUT2D eigenvalue weighted by atomic mass is 10.1. The van der Waals surface area contributed by atoms with Gasteiger partial charge in [0.1, 0.15) is 17.5 Å². The third kappa shape index (κ3) is 3.29. The summed E-state index contributed by atoms with van der Waals surface area (Å²) in [4.78, 5) is 0. The van der Waals surface area contributed by atoms with Crippen LogP contribution in [0.25, 0.3) is 0 Å². The molecule has 2 aromatic rings. The molecule has 0 aliphatic rings. The quantitative estimate of drug-likeness (QED) is 0.778. The Labute approximate surface area is 117 Å². The van der Waals surface area contributed by atoms with Crippen molar-refractivity contribution in [2.75, 3.05) is 5.32 Å². The van der Waals surface area contributed by atoms with Gasteiger partial charge >= 0.3 is 0 Å². The highest BCUT2D eigenvalue weighted by Gasteiger charge is 2.12. The molecule has 2 rings (SSSR count). The summed E-state index contributed by atoms with van der Waals surface area (Å²) in [5.41, 5.74) is 0.695. The van der Waals surface area contributed by atoms with Crippen molar-refractivity contribution < 1.29 is 13.2 Å². The Morgan fingerprint density at radius 3 is 2.47 bits per heavy atom. The molecule has 5 heteroatoms. The van der Waals surface area contributed by atoms with Crippen LogP contribution in [0.4, 0.5) is 18.9 Å². The van der Waals surface area contributed by atoms with Crippen LogP contribution in [0.5, 0.6) is 0 Å². The molecular formula is C14H11BrF3N. The Bertz CT molecular complexity index is 601. The van der Waals surface area contributed by atoms with Crippen LogP contribution in [0, 0.1) is 17.5 Å². The number of nitrogens with one attached hydrogen (secondary N) is 1. The Kier molecular flexibility index (Phi) is 4.14. The molecule has 19 heavy (non-hydrogen) atoms. The summed E-state index contributed by atoms with van der Waals surface area (Å²) in [6.07, 6.45) is 0. The standard InChI is InChI=1S/C14H11BrF3N/c1-8(9-3-2-4-10(16)5-9)19-14-7-12(17)11(15)6-13(14)18/h2-8,19H,1H3. The van der Waals surface area contributed by atoms with E-state index in [4.69, 9.17) is 0 Å². The number of rotatable bonds is 3. The van der Waals surface area contributed by atoms with Crippen molar-refractivity contribution in [2.45, 2.75) is 13.0 Å². The summed E-state index contributed by atoms with van der Waals surface area (Å²) in [7, 11) is 0. The molecule has 0 heterocycles. The maximum Gasteiger partial charge on any atom is 0.147 e. The molecule has 0 aliphatic heterocycles. The van der Waals surface area contributed by atoms with Crippen LogP contribution in [-0.2, 0) is 0 Å². The molecule has 1 N–H and O–H groups in total. The minimum atomic E-state index is -0.573. The van der Waals surface area contributed by atoms with Crippen molar-refractivity contribution in [3.8, 4) is 0 Å². The van der Waals surface area contributed by atoms with E-state index in [-0.39, 0.29) is 22.0 Å². The van der Waals surface area contributed by atoms with Crippen LogP contribution in [0.3, 0.4) is 0 Å². The van der Waals surface area contributed by atoms with E-state index in [1.165, 1.54) is 12.1 Å². The van der Waals surface area contributed by atoms with Gasteiger partial charge in [0.05, 0.1) is 10.2 Å². The topological polar surface area (TPSA) is 12.0 Å². The van der Waals surface area contributed by atoms with Crippen LogP contribution in [-0.4, -0.2) is 0 Å². The second kappa shape index (κ2) is 5.65. The summed E-state index contributed by atoms with van der Waals surface area (Å²) < 4.78 is 40.2. The lowest BCUT2D eigenvalue weighted by Crippen LogP contribution is -2.08. The zero-order valence-electron chi connectivity index (χ0n) is 10.1. The Morgan fingerprint density at radius 2 is 1.79 bits per heavy atom. The number of hydrogen-bond acceptors (Lipinski definition) is 1. The zero-order valence-corrected chi connectivity index (χ0v) is 11.6. The van der Waals surface area contributed by atoms with E-state index in [9.17, 15) is 13.2 Å². The minimum Gasteiger partial charge on any atom is -0.376 e. The van der Waals surface area contributed by atoms with E-state index < -0.39 is 11.6 Å². The second-order valence-electron chi connectivity index (χ2n) is 4.17. The summed E-state index contributed by atoms with van der Waals surface area (Å²) in [6.45, 7) is 1.74. The van der Waals surface area contributed by atoms with Crippen molar-refractivity contribution in [3.63, 3.8) is 0 Å². The van der Waals surface area contributed by atoms with Gasteiger partial charge in [-0.1, -0.05) is 12.1 Å². The SMILES string of the molecule is CC(Nc1cc(F)c(Br)cc1F)c1cccc(F)c1. The van der Waals surface area contributed by atoms with Crippen LogP contribution in [0.1, 0.15) is 18.5 Å². The van der Waals surface area contributed by atoms with Gasteiger partial charge in [-0.3, -0.25) is 0 Å². The maximum atomic E-state index is 13.7. The van der Waals surface area contributed by atoms with Crippen molar-refractivity contribution in [1.29, 1.82) is 0 Å². The molecule has 0 amide bonds. The summed E-state index contributed by atoms with van der Waals surface area (Å²) >= 11 is 2.91. The van der Waals surface area contributed by atoms with E-state index in [1.54, 1.807) is 19.1 Å². The summed E-state index contributed by atoms with van der Waals surface area (Å²) in [5, 5.41) is 2.82. The first-order valence-corrected chi connectivity index (χ1v) is 6.43. The molecule has 1 atom stereocenters. The fourth-order valence-corrected chi connectivity index (χ4v) is 2.04. The van der Waals surface area contributed by atoms with Crippen molar-refractivity contribution >= 4 is 21.6 Å². The first-order chi connectivity index (χ1) is 8.97. The Balaban J connectivity index is 2.24. The average Bonchev–Trinajstić information content (AvgIpc) is 2.36. The Hall–Kier alpha value is -1.49. The number of benzene rings is 2. The number of anilines is 1. The molecule has 1 unspecified atom stereocenters. The molecule has 1 nitrogen and oxygen atoms in total. The van der Waals surface area contributed by atoms with Gasteiger partial charge in [-0.05, 0) is 46.6 Å². The largest absolute Gasteiger partial charge is 0.376 e. The molecule has 0 saturated carbocycles. The van der Waals surface area contributed by atoms with Gasteiger partial charge in [-0.15, -0.1) is 0 Å². The van der Waals surface area contributed by atoms with Gasteiger partial charge in [0.15, 0.2) is 0 Å². The molecule has 0 aliphatic carbocycles. The van der Waals surface area contributed by atoms with Gasteiger partial charge in [0, 0.05) is 12.1 Å². The van der Waals surface area contributed by atoms with Gasteiger partial charge in [-0.2, -0.15) is 0 Å². The zero-order chi connectivity index (χ0) is 14.0. The molecule has 0 aromatic heterocycles. The highest BCUT2D eigenvalue weighted by atomic mass is 79.9. The normalized spacial score (nSPS) is 12.3. The van der Waals surface area contributed by atoms with E-state index >= 15 is 0 Å². The molecule has 2 aromatic carbocycles. The Morgan fingerprint density at radius 1 is 1.05 bits per heavy atom. The summed E-state index contributed by atoms with van der Waals surface area (Å²) in [6, 6.07) is 7.74. The van der Waals surface area contributed by atoms with E-state index in [1.807, 2.05) is 0 Å². The van der Waals surface area contributed by atoms with Crippen molar-refractivity contribution in [2.24, 2.45) is 0 Å². The third-order valence-corrected chi connectivity index (χ3v) is 3.34. The number of halogens is 4. The monoisotopic (exact) mass is 329 g/mol. The third-order valence-electron chi connectivity index (χ3n) is 2.73. The predicted molar refractivity (Wildman–Crippen MR) is 72.5 cm³/mol. The molecule has 0 bridgehead atoms. The van der Waals surface area contributed by atoms with E-state index in [2.05, 4.69) is 21.2 Å². The fourth-order valence-electron chi connectivity index (χ4n) is 1.73. The van der Waals surface area contributed by atoms with Gasteiger partial charge < -0.3 is 5.32 Å². The van der Waals surface area contributed by atoms with Gasteiger partial charge in [0.2, 0.25) is 0 Å². The summed E-state index contributed by atoms with van der Waals surface area (Å²) in [5.74, 6) is -1.50.